The van der Waals surface area contributed by atoms with Crippen LogP contribution in [0, 0.1) is 22.6 Å². The molecule has 1 amide bonds. The average molecular weight is 291 g/mol. The number of nitrogens with zero attached hydrogens (tertiary/aromatic N) is 1. The van der Waals surface area contributed by atoms with Crippen molar-refractivity contribution in [3.63, 3.8) is 0 Å². The van der Waals surface area contributed by atoms with E-state index in [1.54, 1.807) is 12.1 Å². The summed E-state index contributed by atoms with van der Waals surface area (Å²) in [5.74, 6) is -0.938. The smallest absolute Gasteiger partial charge is 0.254 e. The van der Waals surface area contributed by atoms with Crippen LogP contribution in [-0.4, -0.2) is 25.0 Å². The van der Waals surface area contributed by atoms with Gasteiger partial charge in [0.1, 0.15) is 5.82 Å². The third-order valence-corrected chi connectivity index (χ3v) is 3.14. The largest absolute Gasteiger partial charge is 0.351 e. The molecular weight excluding hydrogens is 269 g/mol. The van der Waals surface area contributed by atoms with Crippen molar-refractivity contribution in [2.45, 2.75) is 33.2 Å². The molecule has 0 saturated heterocycles. The Morgan fingerprint density at radius 1 is 1.38 bits per heavy atom. The van der Waals surface area contributed by atoms with Crippen molar-refractivity contribution in [3.05, 3.63) is 35.6 Å². The first kappa shape index (κ1) is 17.1. The maximum Gasteiger partial charge on any atom is 0.254 e. The van der Waals surface area contributed by atoms with Gasteiger partial charge >= 0.3 is 0 Å². The molecule has 21 heavy (non-hydrogen) atoms. The second kappa shape index (κ2) is 7.75. The van der Waals surface area contributed by atoms with Gasteiger partial charge in [-0.1, -0.05) is 12.1 Å². The molecule has 4 nitrogen and oxygen atoms in total. The predicted molar refractivity (Wildman–Crippen MR) is 80.2 cm³/mol. The lowest BCUT2D eigenvalue weighted by atomic mass is 9.88. The molecule has 114 valence electrons. The first-order valence-corrected chi connectivity index (χ1v) is 7.03. The average Bonchev–Trinajstić information content (AvgIpc) is 2.43. The molecular formula is C16H22FN3O. The third kappa shape index (κ3) is 5.92. The van der Waals surface area contributed by atoms with Crippen molar-refractivity contribution >= 4 is 5.91 Å². The molecule has 0 saturated carbocycles. The molecule has 1 aromatic carbocycles. The van der Waals surface area contributed by atoms with Crippen LogP contribution in [0.4, 0.5) is 4.39 Å². The molecule has 1 atom stereocenters. The van der Waals surface area contributed by atoms with Crippen LogP contribution in [0.3, 0.4) is 0 Å². The van der Waals surface area contributed by atoms with Gasteiger partial charge in [0.15, 0.2) is 0 Å². The Morgan fingerprint density at radius 3 is 2.67 bits per heavy atom. The molecule has 0 aliphatic rings. The number of benzene rings is 1. The topological polar surface area (TPSA) is 64.9 Å². The van der Waals surface area contributed by atoms with Gasteiger partial charge in [0.2, 0.25) is 0 Å². The minimum Gasteiger partial charge on any atom is -0.351 e. The Hall–Kier alpha value is -1.93. The maximum absolute atomic E-state index is 13.4. The standard InChI is InChI=1S/C16H22FN3O/c1-12(10-16(2,3)11-18)19-8-9-20-15(21)13-6-4-5-7-14(13)17/h4-7,12,19H,8-10H2,1-3H3,(H,20,21). The fraction of sp³-hybridized carbons (Fsp3) is 0.500. The van der Waals surface area contributed by atoms with E-state index in [-0.39, 0.29) is 17.0 Å². The van der Waals surface area contributed by atoms with Gasteiger partial charge in [-0.2, -0.15) is 5.26 Å². The van der Waals surface area contributed by atoms with Gasteiger partial charge in [0.25, 0.3) is 5.91 Å². The number of hydrogen-bond donors (Lipinski definition) is 2. The van der Waals surface area contributed by atoms with Gasteiger partial charge in [0.05, 0.1) is 17.0 Å². The molecule has 1 aromatic rings. The van der Waals surface area contributed by atoms with E-state index in [2.05, 4.69) is 16.7 Å². The molecule has 0 aliphatic heterocycles. The summed E-state index contributed by atoms with van der Waals surface area (Å²) in [5, 5.41) is 14.9. The number of carbonyl (C=O) groups is 1. The first-order valence-electron chi connectivity index (χ1n) is 7.03. The lowest BCUT2D eigenvalue weighted by molar-refractivity contribution is 0.0949. The van der Waals surface area contributed by atoms with Crippen LogP contribution in [0.2, 0.25) is 0 Å². The monoisotopic (exact) mass is 291 g/mol. The molecule has 1 rings (SSSR count). The van der Waals surface area contributed by atoms with E-state index in [0.29, 0.717) is 13.1 Å². The zero-order valence-corrected chi connectivity index (χ0v) is 12.7. The van der Waals surface area contributed by atoms with Gasteiger partial charge in [-0.3, -0.25) is 4.79 Å². The van der Waals surface area contributed by atoms with E-state index in [9.17, 15) is 9.18 Å². The minimum absolute atomic E-state index is 0.0520. The molecule has 5 heteroatoms. The second-order valence-corrected chi connectivity index (χ2v) is 5.79. The predicted octanol–water partition coefficient (Wildman–Crippen LogP) is 2.47. The summed E-state index contributed by atoms with van der Waals surface area (Å²) >= 11 is 0. The zero-order chi connectivity index (χ0) is 15.9. The van der Waals surface area contributed by atoms with Gasteiger partial charge in [-0.05, 0) is 39.3 Å². The van der Waals surface area contributed by atoms with Crippen molar-refractivity contribution in [3.8, 4) is 6.07 Å². The highest BCUT2D eigenvalue weighted by molar-refractivity contribution is 5.94. The summed E-state index contributed by atoms with van der Waals surface area (Å²) in [6.07, 6.45) is 0.727. The van der Waals surface area contributed by atoms with E-state index < -0.39 is 11.7 Å². The van der Waals surface area contributed by atoms with Crippen molar-refractivity contribution < 1.29 is 9.18 Å². The van der Waals surface area contributed by atoms with Crippen LogP contribution in [0.15, 0.2) is 24.3 Å². The van der Waals surface area contributed by atoms with Crippen LogP contribution in [0.25, 0.3) is 0 Å². The number of nitrogens with one attached hydrogen (secondary N) is 2. The molecule has 0 aromatic heterocycles. The summed E-state index contributed by atoms with van der Waals surface area (Å²) in [6, 6.07) is 8.32. The minimum atomic E-state index is -0.521. The number of amides is 1. The summed E-state index contributed by atoms with van der Waals surface area (Å²) in [7, 11) is 0. The van der Waals surface area contributed by atoms with Crippen molar-refractivity contribution in [2.75, 3.05) is 13.1 Å². The summed E-state index contributed by atoms with van der Waals surface area (Å²) in [6.45, 7) is 6.77. The van der Waals surface area contributed by atoms with Gasteiger partial charge in [-0.25, -0.2) is 4.39 Å². The fourth-order valence-electron chi connectivity index (χ4n) is 2.12. The highest BCUT2D eigenvalue weighted by Gasteiger charge is 2.19. The molecule has 1 unspecified atom stereocenters. The summed E-state index contributed by atoms with van der Waals surface area (Å²) in [5.41, 5.74) is -0.320. The Balaban J connectivity index is 2.30. The van der Waals surface area contributed by atoms with E-state index in [0.717, 1.165) is 6.42 Å². The Labute approximate surface area is 125 Å². The lowest BCUT2D eigenvalue weighted by Crippen LogP contribution is -2.37. The van der Waals surface area contributed by atoms with E-state index in [1.807, 2.05) is 20.8 Å². The number of carbonyl (C=O) groups excluding carboxylic acids is 1. The lowest BCUT2D eigenvalue weighted by Gasteiger charge is -2.21. The maximum atomic E-state index is 13.4. The Kier molecular flexibility index (Phi) is 6.32. The summed E-state index contributed by atoms with van der Waals surface area (Å²) < 4.78 is 13.4. The van der Waals surface area contributed by atoms with Gasteiger partial charge in [-0.15, -0.1) is 0 Å². The first-order chi connectivity index (χ1) is 9.85. The molecule has 0 bridgehead atoms. The highest BCUT2D eigenvalue weighted by Crippen LogP contribution is 2.20. The summed E-state index contributed by atoms with van der Waals surface area (Å²) in [4.78, 5) is 11.8. The van der Waals surface area contributed by atoms with E-state index >= 15 is 0 Å². The fourth-order valence-corrected chi connectivity index (χ4v) is 2.12. The number of hydrogen-bond acceptors (Lipinski definition) is 3. The normalized spacial score (nSPS) is 12.5. The molecule has 0 heterocycles. The molecule has 0 radical (unpaired) electrons. The third-order valence-electron chi connectivity index (χ3n) is 3.14. The van der Waals surface area contributed by atoms with Gasteiger partial charge in [0, 0.05) is 19.1 Å². The number of nitriles is 1. The highest BCUT2D eigenvalue weighted by atomic mass is 19.1. The number of halogens is 1. The quantitative estimate of drug-likeness (QED) is 0.759. The van der Waals surface area contributed by atoms with E-state index in [4.69, 9.17) is 5.26 Å². The van der Waals surface area contributed by atoms with Crippen LogP contribution in [0.1, 0.15) is 37.6 Å². The van der Waals surface area contributed by atoms with Crippen LogP contribution < -0.4 is 10.6 Å². The second-order valence-electron chi connectivity index (χ2n) is 5.79. The zero-order valence-electron chi connectivity index (χ0n) is 12.7. The van der Waals surface area contributed by atoms with Crippen molar-refractivity contribution in [1.82, 2.24) is 10.6 Å². The van der Waals surface area contributed by atoms with E-state index in [1.165, 1.54) is 12.1 Å². The van der Waals surface area contributed by atoms with Crippen LogP contribution in [0.5, 0.6) is 0 Å². The van der Waals surface area contributed by atoms with Crippen LogP contribution in [-0.2, 0) is 0 Å². The molecule has 0 spiro atoms. The van der Waals surface area contributed by atoms with Crippen molar-refractivity contribution in [1.29, 1.82) is 5.26 Å². The SMILES string of the molecule is CC(CC(C)(C)C#N)NCCNC(=O)c1ccccc1F. The number of rotatable bonds is 7. The van der Waals surface area contributed by atoms with Crippen LogP contribution >= 0.6 is 0 Å². The van der Waals surface area contributed by atoms with Crippen molar-refractivity contribution in [2.24, 2.45) is 5.41 Å². The van der Waals surface area contributed by atoms with Gasteiger partial charge < -0.3 is 10.6 Å². The molecule has 0 aliphatic carbocycles. The molecule has 2 N–H and O–H groups in total. The Bertz CT molecular complexity index is 522. The Morgan fingerprint density at radius 2 is 2.05 bits per heavy atom. The molecule has 0 fully saturated rings.